The molecule has 112 valence electrons. The Hall–Kier alpha value is -2.01. The van der Waals surface area contributed by atoms with Crippen molar-refractivity contribution in [3.8, 4) is 5.75 Å². The van der Waals surface area contributed by atoms with Gasteiger partial charge in [-0.15, -0.1) is 0 Å². The molecule has 0 amide bonds. The van der Waals surface area contributed by atoms with Crippen LogP contribution in [-0.4, -0.2) is 18.6 Å². The second-order valence-electron chi connectivity index (χ2n) is 4.75. The van der Waals surface area contributed by atoms with Gasteiger partial charge in [-0.1, -0.05) is 25.1 Å². The van der Waals surface area contributed by atoms with Crippen molar-refractivity contribution in [1.29, 1.82) is 0 Å². The first-order valence-electron chi connectivity index (χ1n) is 6.74. The minimum Gasteiger partial charge on any atom is -0.434 e. The Morgan fingerprint density at radius 2 is 1.76 bits per heavy atom. The van der Waals surface area contributed by atoms with E-state index in [0.717, 1.165) is 5.56 Å². The Kier molecular flexibility index (Phi) is 5.22. The van der Waals surface area contributed by atoms with E-state index >= 15 is 0 Å². The molecule has 2 aromatic rings. The monoisotopic (exact) mass is 292 g/mol. The van der Waals surface area contributed by atoms with Crippen molar-refractivity contribution < 1.29 is 13.5 Å². The summed E-state index contributed by atoms with van der Waals surface area (Å²) in [4.78, 5) is 4.00. The summed E-state index contributed by atoms with van der Waals surface area (Å²) in [5.74, 6) is 0.285. The molecule has 0 aliphatic rings. The molecule has 0 spiro atoms. The molecule has 0 saturated heterocycles. The third-order valence-corrected chi connectivity index (χ3v) is 3.51. The van der Waals surface area contributed by atoms with Crippen LogP contribution in [0.2, 0.25) is 0 Å². The Morgan fingerprint density at radius 1 is 1.10 bits per heavy atom. The number of hydrogen-bond acceptors (Lipinski definition) is 3. The minimum atomic E-state index is -2.83. The van der Waals surface area contributed by atoms with Gasteiger partial charge in [-0.3, -0.25) is 4.98 Å². The van der Waals surface area contributed by atoms with Gasteiger partial charge < -0.3 is 10.1 Å². The Labute approximate surface area is 123 Å². The molecule has 5 heteroatoms. The number of nitrogens with zero attached hydrogens (tertiary/aromatic N) is 1. The van der Waals surface area contributed by atoms with Gasteiger partial charge in [0.2, 0.25) is 0 Å². The number of rotatable bonds is 6. The van der Waals surface area contributed by atoms with E-state index in [9.17, 15) is 8.78 Å². The Balaban J connectivity index is 2.33. The van der Waals surface area contributed by atoms with Gasteiger partial charge in [-0.05, 0) is 30.8 Å². The molecule has 2 unspecified atom stereocenters. The van der Waals surface area contributed by atoms with Crippen molar-refractivity contribution in [2.45, 2.75) is 25.5 Å². The number of nitrogens with one attached hydrogen (secondary N) is 1. The molecule has 2 atom stereocenters. The smallest absolute Gasteiger partial charge is 0.387 e. The Morgan fingerprint density at radius 3 is 2.38 bits per heavy atom. The van der Waals surface area contributed by atoms with Crippen LogP contribution >= 0.6 is 0 Å². The molecule has 1 N–H and O–H groups in total. The molecular formula is C16H18F2N2O. The van der Waals surface area contributed by atoms with E-state index in [1.165, 1.54) is 0 Å². The van der Waals surface area contributed by atoms with E-state index in [2.05, 4.69) is 15.0 Å². The van der Waals surface area contributed by atoms with Gasteiger partial charge in [0.15, 0.2) is 0 Å². The molecule has 0 aliphatic heterocycles. The number of aromatic nitrogens is 1. The molecule has 1 aromatic carbocycles. The van der Waals surface area contributed by atoms with Gasteiger partial charge in [0.1, 0.15) is 5.75 Å². The fourth-order valence-electron chi connectivity index (χ4n) is 2.48. The molecule has 0 saturated carbocycles. The van der Waals surface area contributed by atoms with Crippen LogP contribution in [0.15, 0.2) is 48.8 Å². The normalized spacial score (nSPS) is 14.0. The highest BCUT2D eigenvalue weighted by Gasteiger charge is 2.23. The van der Waals surface area contributed by atoms with Crippen LogP contribution in [0.1, 0.15) is 30.0 Å². The maximum atomic E-state index is 12.5. The quantitative estimate of drug-likeness (QED) is 0.880. The van der Waals surface area contributed by atoms with Crippen molar-refractivity contribution in [3.63, 3.8) is 0 Å². The maximum absolute atomic E-state index is 12.5. The predicted molar refractivity (Wildman–Crippen MR) is 77.5 cm³/mol. The van der Waals surface area contributed by atoms with Crippen molar-refractivity contribution in [2.24, 2.45) is 0 Å². The van der Waals surface area contributed by atoms with Gasteiger partial charge in [-0.2, -0.15) is 8.78 Å². The lowest BCUT2D eigenvalue weighted by molar-refractivity contribution is -0.0507. The molecule has 0 bridgehead atoms. The molecule has 0 radical (unpaired) electrons. The van der Waals surface area contributed by atoms with Crippen LogP contribution in [0.25, 0.3) is 0 Å². The van der Waals surface area contributed by atoms with Crippen molar-refractivity contribution >= 4 is 0 Å². The lowest BCUT2D eigenvalue weighted by Gasteiger charge is -2.26. The summed E-state index contributed by atoms with van der Waals surface area (Å²) in [6.07, 6.45) is 3.44. The minimum absolute atomic E-state index is 0.0837. The number of halogens is 2. The number of benzene rings is 1. The maximum Gasteiger partial charge on any atom is 0.387 e. The number of pyridine rings is 1. The average molecular weight is 292 g/mol. The van der Waals surface area contributed by atoms with E-state index in [-0.39, 0.29) is 17.7 Å². The van der Waals surface area contributed by atoms with Crippen LogP contribution in [0, 0.1) is 0 Å². The highest BCUT2D eigenvalue weighted by atomic mass is 19.3. The molecule has 21 heavy (non-hydrogen) atoms. The lowest BCUT2D eigenvalue weighted by atomic mass is 9.88. The van der Waals surface area contributed by atoms with Crippen molar-refractivity contribution in [1.82, 2.24) is 10.3 Å². The van der Waals surface area contributed by atoms with Gasteiger partial charge in [0.05, 0.1) is 0 Å². The third-order valence-electron chi connectivity index (χ3n) is 3.51. The van der Waals surface area contributed by atoms with E-state index in [4.69, 9.17) is 0 Å². The van der Waals surface area contributed by atoms with Crippen LogP contribution in [0.5, 0.6) is 5.75 Å². The summed E-state index contributed by atoms with van der Waals surface area (Å²) in [6, 6.07) is 10.6. The van der Waals surface area contributed by atoms with Crippen LogP contribution in [0.3, 0.4) is 0 Å². The standard InChI is InChI=1S/C16H18F2N2O/c1-11(12-7-9-20-10-8-12)15(19-2)13-5-3-4-6-14(13)21-16(17)18/h3-11,15-16,19H,1-2H3. The summed E-state index contributed by atoms with van der Waals surface area (Å²) in [5, 5.41) is 3.18. The fourth-order valence-corrected chi connectivity index (χ4v) is 2.48. The molecule has 0 aliphatic carbocycles. The predicted octanol–water partition coefficient (Wildman–Crippen LogP) is 3.75. The molecule has 0 fully saturated rings. The molecule has 1 aromatic heterocycles. The first-order chi connectivity index (χ1) is 10.1. The Bertz CT molecular complexity index is 563. The molecular weight excluding hydrogens is 274 g/mol. The van der Waals surface area contributed by atoms with Crippen molar-refractivity contribution in [3.05, 3.63) is 59.9 Å². The average Bonchev–Trinajstić information content (AvgIpc) is 2.50. The SMILES string of the molecule is CNC(c1ccccc1OC(F)F)C(C)c1ccncc1. The summed E-state index contributed by atoms with van der Waals surface area (Å²) in [6.45, 7) is -0.796. The third kappa shape index (κ3) is 3.76. The zero-order valence-corrected chi connectivity index (χ0v) is 12.0. The first kappa shape index (κ1) is 15.4. The zero-order valence-electron chi connectivity index (χ0n) is 12.0. The van der Waals surface area contributed by atoms with E-state index in [1.54, 1.807) is 30.6 Å². The number of para-hydroxylation sites is 1. The van der Waals surface area contributed by atoms with Gasteiger partial charge in [0, 0.05) is 29.9 Å². The van der Waals surface area contributed by atoms with Gasteiger partial charge >= 0.3 is 6.61 Å². The lowest BCUT2D eigenvalue weighted by Crippen LogP contribution is -2.23. The number of likely N-dealkylation sites (N-methyl/N-ethyl adjacent to an activating group) is 1. The topological polar surface area (TPSA) is 34.1 Å². The van der Waals surface area contributed by atoms with Gasteiger partial charge in [0.25, 0.3) is 0 Å². The van der Waals surface area contributed by atoms with Crippen LogP contribution in [0.4, 0.5) is 8.78 Å². The van der Waals surface area contributed by atoms with E-state index in [1.807, 2.05) is 32.2 Å². The first-order valence-corrected chi connectivity index (χ1v) is 6.74. The van der Waals surface area contributed by atoms with Crippen molar-refractivity contribution in [2.75, 3.05) is 7.05 Å². The van der Waals surface area contributed by atoms with Crippen LogP contribution in [-0.2, 0) is 0 Å². The number of alkyl halides is 2. The fraction of sp³-hybridized carbons (Fsp3) is 0.312. The zero-order chi connectivity index (χ0) is 15.2. The second-order valence-corrected chi connectivity index (χ2v) is 4.75. The summed E-state index contributed by atoms with van der Waals surface area (Å²) < 4.78 is 29.7. The highest BCUT2D eigenvalue weighted by molar-refractivity contribution is 5.38. The summed E-state index contributed by atoms with van der Waals surface area (Å²) >= 11 is 0. The summed E-state index contributed by atoms with van der Waals surface area (Å²) in [5.41, 5.74) is 1.79. The molecule has 3 nitrogen and oxygen atoms in total. The van der Waals surface area contributed by atoms with E-state index in [0.29, 0.717) is 5.56 Å². The largest absolute Gasteiger partial charge is 0.434 e. The van der Waals surface area contributed by atoms with E-state index < -0.39 is 6.61 Å². The second kappa shape index (κ2) is 7.13. The van der Waals surface area contributed by atoms with Crippen LogP contribution < -0.4 is 10.1 Å². The highest BCUT2D eigenvalue weighted by Crippen LogP contribution is 2.35. The number of hydrogen-bond donors (Lipinski definition) is 1. The summed E-state index contributed by atoms with van der Waals surface area (Å²) in [7, 11) is 1.81. The molecule has 1 heterocycles. The molecule has 2 rings (SSSR count). The number of ether oxygens (including phenoxy) is 1. The van der Waals surface area contributed by atoms with Gasteiger partial charge in [-0.25, -0.2) is 0 Å².